The summed E-state index contributed by atoms with van der Waals surface area (Å²) in [5.41, 5.74) is -4.53. The minimum Gasteiger partial charge on any atom is -0.472 e. The molecule has 5 fully saturated rings. The number of carbonyl (C=O) groups excluding carboxylic acids is 1. The molecule has 3 saturated heterocycles. The highest BCUT2D eigenvalue weighted by molar-refractivity contribution is 5.89. The summed E-state index contributed by atoms with van der Waals surface area (Å²) in [4.78, 5) is 13.9. The quantitative estimate of drug-likeness (QED) is 0.0829. The first-order valence-electron chi connectivity index (χ1n) is 16.5. The number of hydrogen-bond donors (Lipinski definition) is 10. The van der Waals surface area contributed by atoms with Crippen LogP contribution in [0.5, 0.6) is 0 Å². The molecule has 5 aliphatic heterocycles. The standard InChI is InChI=1S/C31H44O19/c1-29(41)4-3-10-11(9-44-25(14(10)29)48-26-19(38)17(36)15(34)12(7-32)45-26)24(40)47-23-22-30(2,50-22)21-28(43-6-5-31(21,23)42)49-27-20(39)18(37)16(35)13(8-33)46-27/h5-6,9-10,12-23,25-28,32-39,41-42H,3-4,7-8H2,1-2H3. The van der Waals surface area contributed by atoms with Crippen LogP contribution in [-0.2, 0) is 42.7 Å². The Hall–Kier alpha value is -2.05. The Kier molecular flexibility index (Phi) is 9.31. The Morgan fingerprint density at radius 3 is 1.98 bits per heavy atom. The Morgan fingerprint density at radius 1 is 0.820 bits per heavy atom. The van der Waals surface area contributed by atoms with E-state index in [-0.39, 0.29) is 18.4 Å². The molecule has 2 saturated carbocycles. The van der Waals surface area contributed by atoms with E-state index < -0.39 is 140 Å². The molecule has 20 unspecified atom stereocenters. The Balaban J connectivity index is 1.08. The van der Waals surface area contributed by atoms with Crippen molar-refractivity contribution >= 4 is 5.97 Å². The van der Waals surface area contributed by atoms with Gasteiger partial charge in [-0.25, -0.2) is 4.79 Å². The number of carbonyl (C=O) groups is 1. The predicted octanol–water partition coefficient (Wildman–Crippen LogP) is -5.06. The van der Waals surface area contributed by atoms with Crippen LogP contribution in [0.4, 0.5) is 0 Å². The summed E-state index contributed by atoms with van der Waals surface area (Å²) in [6.07, 6.45) is -16.7. The summed E-state index contributed by atoms with van der Waals surface area (Å²) in [5.74, 6) is -3.58. The summed E-state index contributed by atoms with van der Waals surface area (Å²) < 4.78 is 45.8. The summed E-state index contributed by atoms with van der Waals surface area (Å²) >= 11 is 0. The van der Waals surface area contributed by atoms with Gasteiger partial charge in [0.25, 0.3) is 0 Å². The van der Waals surface area contributed by atoms with Crippen LogP contribution in [0.15, 0.2) is 24.2 Å². The highest BCUT2D eigenvalue weighted by Gasteiger charge is 2.81. The van der Waals surface area contributed by atoms with Crippen LogP contribution < -0.4 is 0 Å². The Bertz CT molecular complexity index is 1350. The maximum Gasteiger partial charge on any atom is 0.337 e. The van der Waals surface area contributed by atoms with Gasteiger partial charge in [0.2, 0.25) is 12.6 Å². The van der Waals surface area contributed by atoms with Crippen molar-refractivity contribution in [1.82, 2.24) is 0 Å². The normalized spacial score (nSPS) is 55.2. The maximum atomic E-state index is 13.9. The average Bonchev–Trinajstić information content (AvgIpc) is 3.58. The first kappa shape index (κ1) is 36.3. The molecule has 19 heteroatoms. The Morgan fingerprint density at radius 2 is 1.40 bits per heavy atom. The van der Waals surface area contributed by atoms with E-state index in [4.69, 9.17) is 37.9 Å². The number of aliphatic hydroxyl groups excluding tert-OH is 8. The molecule has 0 bridgehead atoms. The van der Waals surface area contributed by atoms with Crippen LogP contribution in [0.3, 0.4) is 0 Å². The van der Waals surface area contributed by atoms with E-state index in [1.165, 1.54) is 13.0 Å². The van der Waals surface area contributed by atoms with Crippen LogP contribution in [0.1, 0.15) is 26.7 Å². The number of rotatable bonds is 8. The van der Waals surface area contributed by atoms with Gasteiger partial charge in [-0.05, 0) is 32.8 Å². The van der Waals surface area contributed by atoms with Crippen LogP contribution in [-0.4, -0.2) is 173 Å². The van der Waals surface area contributed by atoms with E-state index in [0.717, 1.165) is 12.5 Å². The molecule has 20 atom stereocenters. The summed E-state index contributed by atoms with van der Waals surface area (Å²) in [5, 5.41) is 104. The van der Waals surface area contributed by atoms with Gasteiger partial charge in [-0.3, -0.25) is 0 Å². The molecule has 0 amide bonds. The van der Waals surface area contributed by atoms with Crippen molar-refractivity contribution < 1.29 is 93.8 Å². The van der Waals surface area contributed by atoms with Gasteiger partial charge in [0.1, 0.15) is 66.1 Å². The molecule has 2 aliphatic carbocycles. The number of epoxide rings is 1. The van der Waals surface area contributed by atoms with E-state index in [2.05, 4.69) is 0 Å². The van der Waals surface area contributed by atoms with E-state index in [1.807, 2.05) is 0 Å². The van der Waals surface area contributed by atoms with Crippen molar-refractivity contribution in [1.29, 1.82) is 0 Å². The molecule has 0 radical (unpaired) electrons. The second-order valence-corrected chi connectivity index (χ2v) is 14.5. The van der Waals surface area contributed by atoms with Gasteiger partial charge in [-0.15, -0.1) is 0 Å². The second kappa shape index (κ2) is 12.8. The zero-order valence-corrected chi connectivity index (χ0v) is 27.0. The van der Waals surface area contributed by atoms with Crippen molar-refractivity contribution in [2.75, 3.05) is 13.2 Å². The maximum absolute atomic E-state index is 13.9. The van der Waals surface area contributed by atoms with Gasteiger partial charge in [-0.2, -0.15) is 0 Å². The first-order chi connectivity index (χ1) is 23.6. The minimum atomic E-state index is -1.93. The van der Waals surface area contributed by atoms with E-state index >= 15 is 0 Å². The van der Waals surface area contributed by atoms with Gasteiger partial charge in [0.05, 0.1) is 48.7 Å². The number of fused-ring (bicyclic) bond motifs is 4. The summed E-state index contributed by atoms with van der Waals surface area (Å²) in [7, 11) is 0. The molecule has 5 heterocycles. The lowest BCUT2D eigenvalue weighted by atomic mass is 9.81. The lowest BCUT2D eigenvalue weighted by Crippen LogP contribution is -2.62. The van der Waals surface area contributed by atoms with Crippen LogP contribution in [0.25, 0.3) is 0 Å². The van der Waals surface area contributed by atoms with Crippen LogP contribution >= 0.6 is 0 Å². The predicted molar refractivity (Wildman–Crippen MR) is 155 cm³/mol. The Labute approximate surface area is 284 Å². The van der Waals surface area contributed by atoms with Crippen molar-refractivity contribution in [3.05, 3.63) is 24.2 Å². The highest BCUT2D eigenvalue weighted by Crippen LogP contribution is 2.62. The highest BCUT2D eigenvalue weighted by atomic mass is 16.8. The molecule has 282 valence electrons. The van der Waals surface area contributed by atoms with E-state index in [9.17, 15) is 55.9 Å². The molecular formula is C31H44O19. The topological polar surface area (TPSA) is 297 Å². The largest absolute Gasteiger partial charge is 0.472 e. The third-order valence-electron chi connectivity index (χ3n) is 11.4. The number of aliphatic hydroxyl groups is 10. The second-order valence-electron chi connectivity index (χ2n) is 14.5. The third-order valence-corrected chi connectivity index (χ3v) is 11.4. The van der Waals surface area contributed by atoms with Crippen molar-refractivity contribution in [3.8, 4) is 0 Å². The van der Waals surface area contributed by atoms with Crippen LogP contribution in [0, 0.1) is 17.8 Å². The molecule has 50 heavy (non-hydrogen) atoms. The molecule has 0 aromatic rings. The van der Waals surface area contributed by atoms with Gasteiger partial charge in [0.15, 0.2) is 18.7 Å². The van der Waals surface area contributed by atoms with Crippen molar-refractivity contribution in [2.45, 2.75) is 130 Å². The summed E-state index contributed by atoms with van der Waals surface area (Å²) in [6, 6.07) is 0. The van der Waals surface area contributed by atoms with Gasteiger partial charge in [-0.1, -0.05) is 0 Å². The van der Waals surface area contributed by atoms with E-state index in [1.54, 1.807) is 6.92 Å². The fourth-order valence-corrected chi connectivity index (χ4v) is 8.48. The molecule has 7 aliphatic rings. The smallest absolute Gasteiger partial charge is 0.337 e. The zero-order valence-electron chi connectivity index (χ0n) is 27.0. The first-order valence-corrected chi connectivity index (χ1v) is 16.5. The van der Waals surface area contributed by atoms with Crippen LogP contribution in [0.2, 0.25) is 0 Å². The lowest BCUT2D eigenvalue weighted by molar-refractivity contribution is -0.350. The van der Waals surface area contributed by atoms with Crippen molar-refractivity contribution in [2.24, 2.45) is 17.8 Å². The third kappa shape index (κ3) is 5.58. The average molecular weight is 721 g/mol. The number of esters is 1. The van der Waals surface area contributed by atoms with Gasteiger partial charge >= 0.3 is 5.97 Å². The molecule has 10 N–H and O–H groups in total. The van der Waals surface area contributed by atoms with E-state index in [0.29, 0.717) is 0 Å². The van der Waals surface area contributed by atoms with Gasteiger partial charge in [0, 0.05) is 5.92 Å². The molecule has 0 aromatic carbocycles. The lowest BCUT2D eigenvalue weighted by Gasteiger charge is -2.45. The molecule has 0 spiro atoms. The molecular weight excluding hydrogens is 676 g/mol. The monoisotopic (exact) mass is 720 g/mol. The zero-order chi connectivity index (χ0) is 36.1. The van der Waals surface area contributed by atoms with Crippen molar-refractivity contribution in [3.63, 3.8) is 0 Å². The van der Waals surface area contributed by atoms with Gasteiger partial charge < -0.3 is 89.0 Å². The summed E-state index contributed by atoms with van der Waals surface area (Å²) in [6.45, 7) is 1.79. The number of ether oxygens (including phenoxy) is 8. The molecule has 7 rings (SSSR count). The fraction of sp³-hybridized carbons (Fsp3) is 0.839. The fourth-order valence-electron chi connectivity index (χ4n) is 8.48. The minimum absolute atomic E-state index is 0.0148. The molecule has 0 aromatic heterocycles. The number of hydrogen-bond acceptors (Lipinski definition) is 19. The molecule has 19 nitrogen and oxygen atoms in total. The SMILES string of the molecule is CC1(O)CCC2C(C(=O)OC3C4OC4(C)C4C(OC5OC(CO)C(O)C(O)C5O)OC=CC34O)=COC(OC3OC(CO)C(O)C(O)C3O)C21.